The molecule has 1 aromatic heterocycles. The highest BCUT2D eigenvalue weighted by atomic mass is 32.2. The highest BCUT2D eigenvalue weighted by molar-refractivity contribution is 7.89. The predicted octanol–water partition coefficient (Wildman–Crippen LogP) is 0.942. The fourth-order valence-electron chi connectivity index (χ4n) is 2.49. The first kappa shape index (κ1) is 14.2. The minimum Gasteiger partial charge on any atom is -0.300 e. The van der Waals surface area contributed by atoms with Crippen LogP contribution in [0.2, 0.25) is 0 Å². The number of carbonyl (C=O) groups is 1. The van der Waals surface area contributed by atoms with Crippen molar-refractivity contribution in [3.63, 3.8) is 0 Å². The van der Waals surface area contributed by atoms with Crippen LogP contribution in [0.25, 0.3) is 0 Å². The lowest BCUT2D eigenvalue weighted by atomic mass is 10.0. The van der Waals surface area contributed by atoms with E-state index < -0.39 is 10.0 Å². The van der Waals surface area contributed by atoms with Gasteiger partial charge in [-0.25, -0.2) is 8.42 Å². The summed E-state index contributed by atoms with van der Waals surface area (Å²) in [7, 11) is -1.86. The summed E-state index contributed by atoms with van der Waals surface area (Å²) in [6.45, 7) is 1.98. The van der Waals surface area contributed by atoms with Crippen LogP contribution in [0.5, 0.6) is 0 Å². The zero-order valence-electron chi connectivity index (χ0n) is 11.2. The van der Waals surface area contributed by atoms with Crippen LogP contribution < -0.4 is 0 Å². The summed E-state index contributed by atoms with van der Waals surface area (Å²) in [6.07, 6.45) is 5.70. The number of Topliss-reactive ketones (excluding diaryl/α,β-unsaturated/α-hetero) is 1. The lowest BCUT2D eigenvalue weighted by Crippen LogP contribution is -2.44. The molecule has 0 radical (unpaired) electrons. The Balaban J connectivity index is 2.28. The number of ketones is 1. The van der Waals surface area contributed by atoms with Gasteiger partial charge in [0.05, 0.1) is 6.20 Å². The molecule has 0 aliphatic carbocycles. The standard InChI is InChI=1S/C12H19N3O3S/c1-10(16)7-11-5-3-4-6-15(11)19(17,18)12-8-13-14(2)9-12/h8-9,11H,3-7H2,1-2H3. The summed E-state index contributed by atoms with van der Waals surface area (Å²) >= 11 is 0. The fraction of sp³-hybridized carbons (Fsp3) is 0.667. The molecule has 1 unspecified atom stereocenters. The maximum Gasteiger partial charge on any atom is 0.246 e. The molecule has 2 rings (SSSR count). The number of nitrogens with zero attached hydrogens (tertiary/aromatic N) is 3. The number of rotatable bonds is 4. The minimum absolute atomic E-state index is 0.0262. The van der Waals surface area contributed by atoms with Gasteiger partial charge in [-0.1, -0.05) is 6.42 Å². The van der Waals surface area contributed by atoms with Gasteiger partial charge in [-0.15, -0.1) is 0 Å². The molecule has 1 saturated heterocycles. The average molecular weight is 285 g/mol. The molecule has 19 heavy (non-hydrogen) atoms. The topological polar surface area (TPSA) is 72.3 Å². The van der Waals surface area contributed by atoms with Gasteiger partial charge in [-0.05, 0) is 19.8 Å². The Morgan fingerprint density at radius 3 is 2.79 bits per heavy atom. The minimum atomic E-state index is -3.54. The number of aromatic nitrogens is 2. The molecule has 0 spiro atoms. The van der Waals surface area contributed by atoms with E-state index in [0.29, 0.717) is 13.0 Å². The number of carbonyl (C=O) groups excluding carboxylic acids is 1. The van der Waals surface area contributed by atoms with Crippen molar-refractivity contribution in [2.75, 3.05) is 6.54 Å². The van der Waals surface area contributed by atoms with Crippen LogP contribution in [-0.4, -0.2) is 40.9 Å². The Hall–Kier alpha value is -1.21. The average Bonchev–Trinajstić information content (AvgIpc) is 2.76. The van der Waals surface area contributed by atoms with Gasteiger partial charge in [0.2, 0.25) is 10.0 Å². The van der Waals surface area contributed by atoms with Crippen LogP contribution in [0, 0.1) is 0 Å². The lowest BCUT2D eigenvalue weighted by molar-refractivity contribution is -0.118. The molecule has 0 N–H and O–H groups in total. The molecule has 2 heterocycles. The summed E-state index contributed by atoms with van der Waals surface area (Å²) in [4.78, 5) is 11.5. The number of sulfonamides is 1. The lowest BCUT2D eigenvalue weighted by Gasteiger charge is -2.33. The quantitative estimate of drug-likeness (QED) is 0.825. The van der Waals surface area contributed by atoms with Gasteiger partial charge >= 0.3 is 0 Å². The number of piperidine rings is 1. The zero-order valence-corrected chi connectivity index (χ0v) is 12.1. The van der Waals surface area contributed by atoms with Crippen molar-refractivity contribution in [3.8, 4) is 0 Å². The van der Waals surface area contributed by atoms with Crippen LogP contribution in [0.3, 0.4) is 0 Å². The molecule has 0 saturated carbocycles. The highest BCUT2D eigenvalue weighted by Crippen LogP contribution is 2.26. The second-order valence-electron chi connectivity index (χ2n) is 5.02. The highest BCUT2D eigenvalue weighted by Gasteiger charge is 2.34. The van der Waals surface area contributed by atoms with Crippen LogP contribution in [-0.2, 0) is 21.9 Å². The van der Waals surface area contributed by atoms with Crippen molar-refractivity contribution in [2.45, 2.75) is 43.5 Å². The van der Waals surface area contributed by atoms with Crippen molar-refractivity contribution in [3.05, 3.63) is 12.4 Å². The molecule has 1 aliphatic rings. The molecule has 7 heteroatoms. The number of hydrogen-bond acceptors (Lipinski definition) is 4. The van der Waals surface area contributed by atoms with Crippen molar-refractivity contribution >= 4 is 15.8 Å². The summed E-state index contributed by atoms with van der Waals surface area (Å²) < 4.78 is 28.0. The first-order chi connectivity index (χ1) is 8.91. The molecule has 0 amide bonds. The van der Waals surface area contributed by atoms with Gasteiger partial charge in [0.25, 0.3) is 0 Å². The van der Waals surface area contributed by atoms with Gasteiger partial charge in [-0.2, -0.15) is 9.40 Å². The Kier molecular flexibility index (Phi) is 4.05. The molecule has 0 aromatic carbocycles. The van der Waals surface area contributed by atoms with E-state index in [1.165, 1.54) is 28.3 Å². The van der Waals surface area contributed by atoms with Crippen LogP contribution >= 0.6 is 0 Å². The first-order valence-electron chi connectivity index (χ1n) is 6.41. The predicted molar refractivity (Wildman–Crippen MR) is 70.0 cm³/mol. The van der Waals surface area contributed by atoms with E-state index in [1.807, 2.05) is 0 Å². The van der Waals surface area contributed by atoms with Crippen molar-refractivity contribution in [2.24, 2.45) is 7.05 Å². The number of hydrogen-bond donors (Lipinski definition) is 0. The normalized spacial score (nSPS) is 21.5. The monoisotopic (exact) mass is 285 g/mol. The third-order valence-electron chi connectivity index (χ3n) is 3.38. The Morgan fingerprint density at radius 2 is 2.21 bits per heavy atom. The Bertz CT molecular complexity index is 565. The summed E-state index contributed by atoms with van der Waals surface area (Å²) in [5, 5.41) is 3.91. The SMILES string of the molecule is CC(=O)CC1CCCCN1S(=O)(=O)c1cnn(C)c1. The van der Waals surface area contributed by atoms with Crippen molar-refractivity contribution in [1.82, 2.24) is 14.1 Å². The molecule has 1 atom stereocenters. The van der Waals surface area contributed by atoms with Gasteiger partial charge in [0, 0.05) is 32.3 Å². The van der Waals surface area contributed by atoms with Gasteiger partial charge < -0.3 is 0 Å². The molecular weight excluding hydrogens is 266 g/mol. The molecule has 0 bridgehead atoms. The molecule has 6 nitrogen and oxygen atoms in total. The zero-order chi connectivity index (χ0) is 14.0. The largest absolute Gasteiger partial charge is 0.300 e. The van der Waals surface area contributed by atoms with Gasteiger partial charge in [0.1, 0.15) is 10.7 Å². The summed E-state index contributed by atoms with van der Waals surface area (Å²) in [5.74, 6) is 0.0262. The van der Waals surface area contributed by atoms with Crippen molar-refractivity contribution in [1.29, 1.82) is 0 Å². The molecule has 1 aliphatic heterocycles. The summed E-state index contributed by atoms with van der Waals surface area (Å²) in [6, 6.07) is -0.212. The van der Waals surface area contributed by atoms with Gasteiger partial charge in [0.15, 0.2) is 0 Å². The third kappa shape index (κ3) is 3.03. The van der Waals surface area contributed by atoms with E-state index in [9.17, 15) is 13.2 Å². The van der Waals surface area contributed by atoms with Crippen LogP contribution in [0.1, 0.15) is 32.6 Å². The van der Waals surface area contributed by atoms with E-state index in [1.54, 1.807) is 7.05 Å². The van der Waals surface area contributed by atoms with Crippen molar-refractivity contribution < 1.29 is 13.2 Å². The molecule has 106 valence electrons. The molecule has 1 aromatic rings. The smallest absolute Gasteiger partial charge is 0.246 e. The van der Waals surface area contributed by atoms with E-state index in [-0.39, 0.29) is 16.7 Å². The van der Waals surface area contributed by atoms with Gasteiger partial charge in [-0.3, -0.25) is 9.48 Å². The molecular formula is C12H19N3O3S. The Labute approximate surface area is 113 Å². The fourth-order valence-corrected chi connectivity index (χ4v) is 4.17. The van der Waals surface area contributed by atoms with E-state index >= 15 is 0 Å². The van der Waals surface area contributed by atoms with E-state index in [2.05, 4.69) is 5.10 Å². The maximum absolute atomic E-state index is 12.6. The maximum atomic E-state index is 12.6. The van der Waals surface area contributed by atoms with E-state index in [4.69, 9.17) is 0 Å². The molecule has 1 fully saturated rings. The second-order valence-corrected chi connectivity index (χ2v) is 6.91. The third-order valence-corrected chi connectivity index (χ3v) is 5.29. The summed E-state index contributed by atoms with van der Waals surface area (Å²) in [5.41, 5.74) is 0. The van der Waals surface area contributed by atoms with E-state index in [0.717, 1.165) is 19.3 Å². The van der Waals surface area contributed by atoms with Crippen LogP contribution in [0.4, 0.5) is 0 Å². The second kappa shape index (κ2) is 5.42. The number of aryl methyl sites for hydroxylation is 1. The van der Waals surface area contributed by atoms with Crippen LogP contribution in [0.15, 0.2) is 17.3 Å². The Morgan fingerprint density at radius 1 is 1.47 bits per heavy atom. The first-order valence-corrected chi connectivity index (χ1v) is 7.85.